The lowest BCUT2D eigenvalue weighted by Crippen LogP contribution is -2.63. The molecular formula is C24H27FN2O9. The molecule has 194 valence electrons. The molecule has 2 aliphatic heterocycles. The van der Waals surface area contributed by atoms with E-state index >= 15 is 0 Å². The molecular weight excluding hydrogens is 479 g/mol. The van der Waals surface area contributed by atoms with E-state index in [1.165, 1.54) is 50.6 Å². The van der Waals surface area contributed by atoms with E-state index in [4.69, 9.17) is 23.7 Å². The Morgan fingerprint density at radius 2 is 2.03 bits per heavy atom. The summed E-state index contributed by atoms with van der Waals surface area (Å²) in [5.74, 6) is -0.249. The molecule has 0 saturated heterocycles. The van der Waals surface area contributed by atoms with Gasteiger partial charge >= 0.3 is 6.16 Å². The summed E-state index contributed by atoms with van der Waals surface area (Å²) < 4.78 is 41.6. The van der Waals surface area contributed by atoms with E-state index in [1.54, 1.807) is 18.7 Å². The van der Waals surface area contributed by atoms with Crippen LogP contribution in [-0.4, -0.2) is 61.2 Å². The minimum atomic E-state index is -1.49. The number of benzene rings is 2. The Bertz CT molecular complexity index is 1160. The topological polar surface area (TPSA) is 130 Å². The number of aliphatic hydroxyl groups excluding tert-OH is 1. The molecule has 0 radical (unpaired) electrons. The van der Waals surface area contributed by atoms with Gasteiger partial charge in [0, 0.05) is 44.0 Å². The van der Waals surface area contributed by atoms with Gasteiger partial charge in [0.15, 0.2) is 18.1 Å². The summed E-state index contributed by atoms with van der Waals surface area (Å²) in [6.45, 7) is 3.27. The predicted octanol–water partition coefficient (Wildman–Crippen LogP) is 3.47. The minimum Gasteiger partial charge on any atom is -0.479 e. The summed E-state index contributed by atoms with van der Waals surface area (Å²) in [6, 6.07) is 7.00. The highest BCUT2D eigenvalue weighted by atomic mass is 19.1. The van der Waals surface area contributed by atoms with Crippen LogP contribution in [-0.2, 0) is 25.4 Å². The number of ether oxygens (including phenoxy) is 5. The number of nitro benzene ring substituents is 1. The number of rotatable bonds is 7. The van der Waals surface area contributed by atoms with Crippen LogP contribution in [0.15, 0.2) is 36.4 Å². The molecule has 0 bridgehead atoms. The molecule has 36 heavy (non-hydrogen) atoms. The predicted molar refractivity (Wildman–Crippen MR) is 123 cm³/mol. The maximum Gasteiger partial charge on any atom is 0.510 e. The zero-order valence-electron chi connectivity index (χ0n) is 20.2. The van der Waals surface area contributed by atoms with E-state index in [0.717, 1.165) is 0 Å². The van der Waals surface area contributed by atoms with Crippen LogP contribution in [0.3, 0.4) is 0 Å². The second-order valence-corrected chi connectivity index (χ2v) is 8.60. The second-order valence-electron chi connectivity index (χ2n) is 8.60. The second kappa shape index (κ2) is 9.88. The number of nitrogens with zero attached hydrogens (tertiary/aromatic N) is 2. The first-order valence-corrected chi connectivity index (χ1v) is 11.3. The van der Waals surface area contributed by atoms with Crippen LogP contribution in [0.2, 0.25) is 0 Å². The smallest absolute Gasteiger partial charge is 0.479 e. The average Bonchev–Trinajstić information content (AvgIpc) is 3.16. The lowest BCUT2D eigenvalue weighted by atomic mass is 9.83. The minimum absolute atomic E-state index is 0.0729. The zero-order chi connectivity index (χ0) is 26.2. The van der Waals surface area contributed by atoms with E-state index in [9.17, 15) is 24.4 Å². The molecule has 2 aromatic carbocycles. The van der Waals surface area contributed by atoms with Gasteiger partial charge in [-0.05, 0) is 43.7 Å². The van der Waals surface area contributed by atoms with E-state index in [2.05, 4.69) is 0 Å². The van der Waals surface area contributed by atoms with Gasteiger partial charge in [-0.1, -0.05) is 0 Å². The van der Waals surface area contributed by atoms with E-state index in [0.29, 0.717) is 11.3 Å². The Kier molecular flexibility index (Phi) is 7.03. The number of non-ortho nitro benzene ring substituents is 1. The van der Waals surface area contributed by atoms with Crippen LogP contribution in [0.4, 0.5) is 20.6 Å². The number of hydrogen-bond donors (Lipinski definition) is 1. The monoisotopic (exact) mass is 506 g/mol. The lowest BCUT2D eigenvalue weighted by molar-refractivity contribution is -0.385. The van der Waals surface area contributed by atoms with Gasteiger partial charge in [-0.15, -0.1) is 0 Å². The largest absolute Gasteiger partial charge is 0.510 e. The molecule has 0 saturated carbocycles. The number of anilines is 1. The average molecular weight is 506 g/mol. The summed E-state index contributed by atoms with van der Waals surface area (Å²) >= 11 is 0. The van der Waals surface area contributed by atoms with Gasteiger partial charge in [0.25, 0.3) is 5.69 Å². The lowest BCUT2D eigenvalue weighted by Gasteiger charge is -2.50. The quantitative estimate of drug-likeness (QED) is 0.258. The summed E-state index contributed by atoms with van der Waals surface area (Å²) in [6.07, 6.45) is -4.33. The number of fused-ring (bicyclic) bond motifs is 2. The van der Waals surface area contributed by atoms with Crippen molar-refractivity contribution in [3.8, 4) is 5.75 Å². The molecule has 0 fully saturated rings. The van der Waals surface area contributed by atoms with Crippen molar-refractivity contribution in [1.82, 2.24) is 0 Å². The Labute approximate surface area is 206 Å². The fraction of sp³-hybridized carbons (Fsp3) is 0.458. The van der Waals surface area contributed by atoms with Crippen molar-refractivity contribution in [3.63, 3.8) is 0 Å². The van der Waals surface area contributed by atoms with E-state index < -0.39 is 47.2 Å². The van der Waals surface area contributed by atoms with Crippen molar-refractivity contribution in [1.29, 1.82) is 0 Å². The van der Waals surface area contributed by atoms with Crippen molar-refractivity contribution in [2.75, 3.05) is 25.7 Å². The van der Waals surface area contributed by atoms with Crippen molar-refractivity contribution < 1.29 is 42.9 Å². The van der Waals surface area contributed by atoms with Crippen molar-refractivity contribution in [2.24, 2.45) is 0 Å². The Morgan fingerprint density at radius 3 is 2.67 bits per heavy atom. The van der Waals surface area contributed by atoms with Crippen LogP contribution in [0.25, 0.3) is 0 Å². The van der Waals surface area contributed by atoms with Crippen molar-refractivity contribution in [2.45, 2.75) is 50.5 Å². The summed E-state index contributed by atoms with van der Waals surface area (Å²) in [5.41, 5.74) is -0.451. The summed E-state index contributed by atoms with van der Waals surface area (Å²) in [5, 5.41) is 23.3. The molecule has 1 N–H and O–H groups in total. The molecule has 2 heterocycles. The van der Waals surface area contributed by atoms with Gasteiger partial charge in [-0.3, -0.25) is 10.1 Å². The molecule has 4 atom stereocenters. The summed E-state index contributed by atoms with van der Waals surface area (Å²) in [4.78, 5) is 24.9. The molecule has 4 rings (SSSR count). The number of halogens is 1. The molecule has 12 heteroatoms. The fourth-order valence-electron chi connectivity index (χ4n) is 4.91. The Balaban J connectivity index is 1.91. The zero-order valence-corrected chi connectivity index (χ0v) is 20.2. The number of carbonyl (C=O) groups excluding carboxylic acids is 1. The Morgan fingerprint density at radius 1 is 1.31 bits per heavy atom. The van der Waals surface area contributed by atoms with Gasteiger partial charge in [-0.25, -0.2) is 9.18 Å². The van der Waals surface area contributed by atoms with E-state index in [-0.39, 0.29) is 30.0 Å². The molecule has 0 aliphatic carbocycles. The normalized spacial score (nSPS) is 24.6. The Hall–Kier alpha value is -3.48. The van der Waals surface area contributed by atoms with Crippen molar-refractivity contribution in [3.05, 3.63) is 63.5 Å². The third-order valence-electron chi connectivity index (χ3n) is 6.45. The third-order valence-corrected chi connectivity index (χ3v) is 6.45. The maximum absolute atomic E-state index is 14.1. The molecule has 0 amide bonds. The SMILES string of the molecule is CCOC(=O)O[C@H]1Cc2cc(F)ccc2N1[C@@H]1c2cc([N+](=O)[O-])ccc2O[C@](C)(C(OC)OC)[C@H]1O. The molecule has 2 aromatic rings. The number of methoxy groups -OCH3 is 2. The highest BCUT2D eigenvalue weighted by molar-refractivity contribution is 5.66. The number of carbonyl (C=O) groups is 1. The van der Waals surface area contributed by atoms with Crippen LogP contribution < -0.4 is 9.64 Å². The third kappa shape index (κ3) is 4.31. The highest BCUT2D eigenvalue weighted by Crippen LogP contribution is 2.50. The number of nitro groups is 1. The molecule has 0 unspecified atom stereocenters. The van der Waals surface area contributed by atoms with Crippen LogP contribution in [0, 0.1) is 15.9 Å². The molecule has 11 nitrogen and oxygen atoms in total. The standard InChI is InChI=1S/C24H27FN2O9/c1-5-34-23(29)35-19-11-13-10-14(25)6-8-17(13)26(19)20-16-12-15(27(30)31)7-9-18(16)36-24(2,21(20)28)22(32-3)33-4/h6-10,12,19-22,28H,5,11H2,1-4H3/t19-,20+,21-,24-/m0/s1. The van der Waals surface area contributed by atoms with Gasteiger partial charge in [0.2, 0.25) is 0 Å². The number of hydrogen-bond acceptors (Lipinski definition) is 10. The number of aliphatic hydroxyl groups is 1. The van der Waals surface area contributed by atoms with Gasteiger partial charge in [0.1, 0.15) is 17.7 Å². The fourth-order valence-corrected chi connectivity index (χ4v) is 4.91. The highest BCUT2D eigenvalue weighted by Gasteiger charge is 2.56. The summed E-state index contributed by atoms with van der Waals surface area (Å²) in [7, 11) is 2.77. The first-order chi connectivity index (χ1) is 17.1. The van der Waals surface area contributed by atoms with Crippen LogP contribution >= 0.6 is 0 Å². The first-order valence-electron chi connectivity index (χ1n) is 11.3. The molecule has 2 aliphatic rings. The van der Waals surface area contributed by atoms with E-state index in [1.807, 2.05) is 0 Å². The van der Waals surface area contributed by atoms with Crippen LogP contribution in [0.1, 0.15) is 31.0 Å². The van der Waals surface area contributed by atoms with Gasteiger partial charge in [0.05, 0.1) is 17.6 Å². The van der Waals surface area contributed by atoms with Crippen molar-refractivity contribution >= 4 is 17.5 Å². The maximum atomic E-state index is 14.1. The van der Waals surface area contributed by atoms with Gasteiger partial charge in [-0.2, -0.15) is 0 Å². The molecule has 0 spiro atoms. The first kappa shape index (κ1) is 25.6. The van der Waals surface area contributed by atoms with Gasteiger partial charge < -0.3 is 33.7 Å². The molecule has 0 aromatic heterocycles. The van der Waals surface area contributed by atoms with Crippen LogP contribution in [0.5, 0.6) is 5.75 Å².